The number of rotatable bonds is 7. The molecule has 0 spiro atoms. The van der Waals surface area contributed by atoms with Crippen LogP contribution in [0.15, 0.2) is 0 Å². The Morgan fingerprint density at radius 2 is 2.07 bits per heavy atom. The van der Waals surface area contributed by atoms with Gasteiger partial charge in [-0.3, -0.25) is 9.59 Å². The molecule has 1 aliphatic carbocycles. The van der Waals surface area contributed by atoms with Crippen LogP contribution >= 0.6 is 23.5 Å². The van der Waals surface area contributed by atoms with Crippen LogP contribution in [-0.2, 0) is 9.59 Å². The fourth-order valence-corrected chi connectivity index (χ4v) is 2.43. The molecule has 0 unspecified atom stereocenters. The molecule has 6 heteroatoms. The summed E-state index contributed by atoms with van der Waals surface area (Å²) >= 11 is 2.92. The Morgan fingerprint density at radius 3 is 2.53 bits per heavy atom. The number of carbonyl (C=O) groups is 2. The maximum Gasteiger partial charge on any atom is 0.313 e. The number of amides is 1. The Labute approximate surface area is 97.6 Å². The van der Waals surface area contributed by atoms with Crippen LogP contribution < -0.4 is 5.32 Å². The smallest absolute Gasteiger partial charge is 0.313 e. The molecule has 0 aromatic rings. The van der Waals surface area contributed by atoms with Gasteiger partial charge in [-0.2, -0.15) is 11.8 Å². The van der Waals surface area contributed by atoms with Gasteiger partial charge in [0.2, 0.25) is 5.91 Å². The first kappa shape index (κ1) is 12.7. The van der Waals surface area contributed by atoms with E-state index in [4.69, 9.17) is 5.11 Å². The van der Waals surface area contributed by atoms with Crippen LogP contribution in [0.1, 0.15) is 12.8 Å². The molecule has 1 amide bonds. The van der Waals surface area contributed by atoms with Gasteiger partial charge in [0.1, 0.15) is 0 Å². The summed E-state index contributed by atoms with van der Waals surface area (Å²) in [4.78, 5) is 21.5. The maximum atomic E-state index is 11.3. The second-order valence-electron chi connectivity index (χ2n) is 3.55. The monoisotopic (exact) mass is 249 g/mol. The van der Waals surface area contributed by atoms with Crippen LogP contribution in [-0.4, -0.2) is 46.0 Å². The van der Waals surface area contributed by atoms with Gasteiger partial charge in [0.25, 0.3) is 0 Å². The van der Waals surface area contributed by atoms with E-state index in [1.165, 1.54) is 0 Å². The van der Waals surface area contributed by atoms with E-state index in [0.29, 0.717) is 6.54 Å². The summed E-state index contributed by atoms with van der Waals surface area (Å²) in [7, 11) is 0. The molecule has 2 N–H and O–H groups in total. The molecule has 1 saturated carbocycles. The lowest BCUT2D eigenvalue weighted by molar-refractivity contribution is -0.133. The van der Waals surface area contributed by atoms with E-state index in [9.17, 15) is 9.59 Å². The van der Waals surface area contributed by atoms with Gasteiger partial charge >= 0.3 is 5.97 Å². The second-order valence-corrected chi connectivity index (χ2v) is 5.81. The summed E-state index contributed by atoms with van der Waals surface area (Å²) in [5.74, 6) is -0.727. The highest BCUT2D eigenvalue weighted by atomic mass is 32.2. The number of nitrogens with one attached hydrogen (secondary N) is 1. The molecule has 1 rings (SSSR count). The third-order valence-electron chi connectivity index (χ3n) is 2.31. The quantitative estimate of drug-likeness (QED) is 0.699. The third-order valence-corrected chi connectivity index (χ3v) is 4.64. The predicted molar refractivity (Wildman–Crippen MR) is 63.5 cm³/mol. The van der Waals surface area contributed by atoms with Crippen molar-refractivity contribution in [2.24, 2.45) is 0 Å². The number of carbonyl (C=O) groups excluding carboxylic acids is 1. The van der Waals surface area contributed by atoms with Crippen molar-refractivity contribution in [3.05, 3.63) is 0 Å². The predicted octanol–water partition coefficient (Wildman–Crippen LogP) is 0.816. The summed E-state index contributed by atoms with van der Waals surface area (Å²) in [5.41, 5.74) is 0. The number of thioether (sulfide) groups is 2. The lowest BCUT2D eigenvalue weighted by Crippen LogP contribution is -2.33. The minimum Gasteiger partial charge on any atom is -0.481 e. The fourth-order valence-electron chi connectivity index (χ4n) is 1.13. The van der Waals surface area contributed by atoms with Gasteiger partial charge in [-0.15, -0.1) is 11.8 Å². The SMILES string of the molecule is CSC1(CNC(=O)CSCC(=O)O)CC1. The molecular weight excluding hydrogens is 234 g/mol. The fraction of sp³-hybridized carbons (Fsp3) is 0.778. The molecule has 0 saturated heterocycles. The highest BCUT2D eigenvalue weighted by Gasteiger charge is 2.41. The van der Waals surface area contributed by atoms with E-state index in [2.05, 4.69) is 11.6 Å². The zero-order valence-corrected chi connectivity index (χ0v) is 10.2. The molecule has 1 aliphatic rings. The van der Waals surface area contributed by atoms with Gasteiger partial charge in [0.15, 0.2) is 0 Å². The zero-order chi connectivity index (χ0) is 11.3. The number of carboxylic acid groups (broad SMARTS) is 1. The standard InChI is InChI=1S/C9H15NO3S2/c1-14-9(2-3-9)6-10-7(11)4-15-5-8(12)13/h2-6H2,1H3,(H,10,11)(H,12,13). The van der Waals surface area contributed by atoms with Crippen LogP contribution in [0.25, 0.3) is 0 Å². The topological polar surface area (TPSA) is 66.4 Å². The van der Waals surface area contributed by atoms with Crippen LogP contribution in [0.4, 0.5) is 0 Å². The van der Waals surface area contributed by atoms with Crippen LogP contribution in [0.3, 0.4) is 0 Å². The minimum atomic E-state index is -0.879. The van der Waals surface area contributed by atoms with Gasteiger partial charge in [-0.25, -0.2) is 0 Å². The Morgan fingerprint density at radius 1 is 1.40 bits per heavy atom. The normalized spacial score (nSPS) is 17.1. The molecule has 0 bridgehead atoms. The molecule has 0 aromatic carbocycles. The van der Waals surface area contributed by atoms with Crippen molar-refractivity contribution in [1.29, 1.82) is 0 Å². The van der Waals surface area contributed by atoms with E-state index in [1.807, 2.05) is 0 Å². The van der Waals surface area contributed by atoms with Crippen LogP contribution in [0.2, 0.25) is 0 Å². The third kappa shape index (κ3) is 4.79. The summed E-state index contributed by atoms with van der Waals surface area (Å²) in [5, 5.41) is 11.2. The number of hydrogen-bond donors (Lipinski definition) is 2. The molecule has 1 fully saturated rings. The van der Waals surface area contributed by atoms with E-state index in [0.717, 1.165) is 24.6 Å². The Kier molecular flexibility index (Phi) is 4.79. The van der Waals surface area contributed by atoms with E-state index in [1.54, 1.807) is 11.8 Å². The van der Waals surface area contributed by atoms with Crippen molar-refractivity contribution in [1.82, 2.24) is 5.32 Å². The largest absolute Gasteiger partial charge is 0.481 e. The van der Waals surface area contributed by atoms with Crippen molar-refractivity contribution in [2.75, 3.05) is 24.3 Å². The van der Waals surface area contributed by atoms with Crippen molar-refractivity contribution < 1.29 is 14.7 Å². The Hall–Kier alpha value is -0.360. The Bertz CT molecular complexity index is 254. The molecule has 86 valence electrons. The average Bonchev–Trinajstić information content (AvgIpc) is 2.95. The van der Waals surface area contributed by atoms with Gasteiger partial charge in [0.05, 0.1) is 11.5 Å². The van der Waals surface area contributed by atoms with Crippen molar-refractivity contribution in [3.63, 3.8) is 0 Å². The summed E-state index contributed by atoms with van der Waals surface area (Å²) in [6, 6.07) is 0. The van der Waals surface area contributed by atoms with Gasteiger partial charge < -0.3 is 10.4 Å². The Balaban J connectivity index is 2.06. The van der Waals surface area contributed by atoms with E-state index >= 15 is 0 Å². The molecule has 0 heterocycles. The van der Waals surface area contributed by atoms with Crippen molar-refractivity contribution in [3.8, 4) is 0 Å². The van der Waals surface area contributed by atoms with Gasteiger partial charge in [-0.05, 0) is 19.1 Å². The van der Waals surface area contributed by atoms with Crippen LogP contribution in [0.5, 0.6) is 0 Å². The van der Waals surface area contributed by atoms with Gasteiger partial charge in [0, 0.05) is 11.3 Å². The second kappa shape index (κ2) is 5.65. The average molecular weight is 249 g/mol. The molecular formula is C9H15NO3S2. The minimum absolute atomic E-state index is 0.0128. The van der Waals surface area contributed by atoms with Crippen LogP contribution in [0, 0.1) is 0 Å². The molecule has 0 aliphatic heterocycles. The first-order chi connectivity index (χ1) is 7.08. The van der Waals surface area contributed by atoms with Crippen molar-refractivity contribution in [2.45, 2.75) is 17.6 Å². The van der Waals surface area contributed by atoms with Gasteiger partial charge in [-0.1, -0.05) is 0 Å². The summed E-state index contributed by atoms with van der Waals surface area (Å²) in [6.07, 6.45) is 4.38. The molecule has 0 radical (unpaired) electrons. The zero-order valence-electron chi connectivity index (χ0n) is 8.62. The maximum absolute atomic E-state index is 11.3. The van der Waals surface area contributed by atoms with E-state index < -0.39 is 5.97 Å². The first-order valence-corrected chi connectivity index (χ1v) is 7.07. The molecule has 4 nitrogen and oxygen atoms in total. The van der Waals surface area contributed by atoms with Crippen molar-refractivity contribution >= 4 is 35.4 Å². The number of carboxylic acids is 1. The highest BCUT2D eigenvalue weighted by Crippen LogP contribution is 2.46. The number of hydrogen-bond acceptors (Lipinski definition) is 4. The summed E-state index contributed by atoms with van der Waals surface area (Å²) < 4.78 is 0.271. The first-order valence-electron chi connectivity index (χ1n) is 4.69. The highest BCUT2D eigenvalue weighted by molar-refractivity contribution is 8.00. The number of aliphatic carboxylic acids is 1. The van der Waals surface area contributed by atoms with E-state index in [-0.39, 0.29) is 22.2 Å². The lowest BCUT2D eigenvalue weighted by Gasteiger charge is -2.12. The molecule has 0 aromatic heterocycles. The molecule has 15 heavy (non-hydrogen) atoms. The molecule has 0 atom stereocenters. The summed E-state index contributed by atoms with van der Waals surface area (Å²) in [6.45, 7) is 0.709. The lowest BCUT2D eigenvalue weighted by atomic mass is 10.4.